The lowest BCUT2D eigenvalue weighted by Crippen LogP contribution is -2.39. The first-order chi connectivity index (χ1) is 12.6. The summed E-state index contributed by atoms with van der Waals surface area (Å²) < 4.78 is 6.86. The molecule has 2 amide bonds. The molecule has 0 bridgehead atoms. The number of unbranched alkanes of at least 4 members (excludes halogenated alkanes) is 1. The molecule has 1 N–H and O–H groups in total. The molecule has 138 valence electrons. The van der Waals surface area contributed by atoms with Crippen molar-refractivity contribution in [3.05, 3.63) is 47.3 Å². The number of aromatic nitrogens is 2. The summed E-state index contributed by atoms with van der Waals surface area (Å²) in [7, 11) is 1.62. The van der Waals surface area contributed by atoms with Gasteiger partial charge in [0.1, 0.15) is 11.4 Å². The van der Waals surface area contributed by atoms with E-state index in [1.807, 2.05) is 24.3 Å². The Labute approximate surface area is 152 Å². The van der Waals surface area contributed by atoms with E-state index in [4.69, 9.17) is 4.74 Å². The van der Waals surface area contributed by atoms with Gasteiger partial charge in [0.25, 0.3) is 11.8 Å². The van der Waals surface area contributed by atoms with Gasteiger partial charge in [-0.1, -0.05) is 25.5 Å². The summed E-state index contributed by atoms with van der Waals surface area (Å²) in [4.78, 5) is 26.7. The third kappa shape index (κ3) is 3.87. The van der Waals surface area contributed by atoms with Crippen LogP contribution in [0, 0.1) is 0 Å². The molecular weight excluding hydrogens is 332 g/mol. The smallest absolute Gasteiger partial charge is 0.272 e. The van der Waals surface area contributed by atoms with Gasteiger partial charge in [-0.25, -0.2) is 0 Å². The number of hydrogen-bond donors (Lipinski definition) is 1. The van der Waals surface area contributed by atoms with Crippen molar-refractivity contribution in [2.24, 2.45) is 0 Å². The first kappa shape index (κ1) is 18.0. The predicted molar refractivity (Wildman–Crippen MR) is 97.2 cm³/mol. The number of benzene rings is 1. The Morgan fingerprint density at radius 2 is 2.15 bits per heavy atom. The Morgan fingerprint density at radius 1 is 1.31 bits per heavy atom. The molecule has 26 heavy (non-hydrogen) atoms. The average molecular weight is 356 g/mol. The molecule has 0 aliphatic carbocycles. The van der Waals surface area contributed by atoms with Crippen LogP contribution in [0.1, 0.15) is 46.3 Å². The maximum absolute atomic E-state index is 12.8. The molecule has 1 aromatic carbocycles. The van der Waals surface area contributed by atoms with Crippen molar-refractivity contribution in [1.29, 1.82) is 0 Å². The molecule has 3 rings (SSSR count). The van der Waals surface area contributed by atoms with Crippen LogP contribution in [0.5, 0.6) is 5.75 Å². The molecule has 2 aromatic rings. The third-order valence-corrected chi connectivity index (χ3v) is 4.42. The fraction of sp³-hybridized carbons (Fsp3) is 0.421. The summed E-state index contributed by atoms with van der Waals surface area (Å²) in [6, 6.07) is 9.26. The zero-order valence-electron chi connectivity index (χ0n) is 15.2. The monoisotopic (exact) mass is 356 g/mol. The number of hydrogen-bond acceptors (Lipinski definition) is 4. The van der Waals surface area contributed by atoms with Crippen molar-refractivity contribution < 1.29 is 14.3 Å². The number of amides is 2. The SMILES string of the molecule is CCCCNC(=O)c1cc2n(n1)CCN(Cc1cccc(OC)c1)C2=O. The second kappa shape index (κ2) is 8.03. The maximum atomic E-state index is 12.8. The van der Waals surface area contributed by atoms with Gasteiger partial charge in [0, 0.05) is 25.7 Å². The quantitative estimate of drug-likeness (QED) is 0.771. The number of rotatable bonds is 7. The lowest BCUT2D eigenvalue weighted by atomic mass is 10.1. The van der Waals surface area contributed by atoms with Crippen LogP contribution in [-0.2, 0) is 13.1 Å². The zero-order valence-corrected chi connectivity index (χ0v) is 15.2. The summed E-state index contributed by atoms with van der Waals surface area (Å²) in [5.74, 6) is 0.426. The molecule has 0 spiro atoms. The molecule has 0 radical (unpaired) electrons. The Morgan fingerprint density at radius 3 is 2.92 bits per heavy atom. The van der Waals surface area contributed by atoms with Gasteiger partial charge in [0.15, 0.2) is 5.69 Å². The van der Waals surface area contributed by atoms with Gasteiger partial charge in [-0.05, 0) is 24.1 Å². The molecule has 0 fully saturated rings. The molecule has 7 heteroatoms. The molecule has 2 heterocycles. The summed E-state index contributed by atoms with van der Waals surface area (Å²) >= 11 is 0. The van der Waals surface area contributed by atoms with Gasteiger partial charge in [-0.3, -0.25) is 14.3 Å². The Bertz CT molecular complexity index is 800. The summed E-state index contributed by atoms with van der Waals surface area (Å²) in [5, 5.41) is 7.12. The number of methoxy groups -OCH3 is 1. The van der Waals surface area contributed by atoms with Crippen molar-refractivity contribution in [2.75, 3.05) is 20.2 Å². The normalized spacial score (nSPS) is 13.5. The zero-order chi connectivity index (χ0) is 18.5. The highest BCUT2D eigenvalue weighted by Gasteiger charge is 2.27. The minimum atomic E-state index is -0.229. The number of carbonyl (C=O) groups is 2. The largest absolute Gasteiger partial charge is 0.497 e. The molecule has 1 aliphatic heterocycles. The number of carbonyl (C=O) groups excluding carboxylic acids is 2. The van der Waals surface area contributed by atoms with E-state index in [1.165, 1.54) is 0 Å². The van der Waals surface area contributed by atoms with E-state index in [2.05, 4.69) is 17.3 Å². The standard InChI is InChI=1S/C19H24N4O3/c1-3-4-8-20-18(24)16-12-17-19(25)22(9-10-23(17)21-16)13-14-6-5-7-15(11-14)26-2/h5-7,11-12H,3-4,8-10,13H2,1-2H3,(H,20,24). The molecule has 0 atom stereocenters. The molecular formula is C19H24N4O3. The second-order valence-corrected chi connectivity index (χ2v) is 6.33. The second-order valence-electron chi connectivity index (χ2n) is 6.33. The lowest BCUT2D eigenvalue weighted by molar-refractivity contribution is 0.0683. The fourth-order valence-electron chi connectivity index (χ4n) is 2.96. The van der Waals surface area contributed by atoms with Gasteiger partial charge < -0.3 is 15.0 Å². The number of nitrogens with one attached hydrogen (secondary N) is 1. The van der Waals surface area contributed by atoms with Gasteiger partial charge in [-0.15, -0.1) is 0 Å². The van der Waals surface area contributed by atoms with E-state index >= 15 is 0 Å². The van der Waals surface area contributed by atoms with Crippen LogP contribution in [-0.4, -0.2) is 46.7 Å². The molecule has 0 saturated carbocycles. The highest BCUT2D eigenvalue weighted by molar-refractivity contribution is 5.98. The summed E-state index contributed by atoms with van der Waals surface area (Å²) in [5.41, 5.74) is 1.76. The first-order valence-corrected chi connectivity index (χ1v) is 8.90. The first-order valence-electron chi connectivity index (χ1n) is 8.90. The van der Waals surface area contributed by atoms with Gasteiger partial charge in [0.2, 0.25) is 0 Å². The summed E-state index contributed by atoms with van der Waals surface area (Å²) in [6.45, 7) is 4.32. The van der Waals surface area contributed by atoms with Crippen molar-refractivity contribution in [2.45, 2.75) is 32.9 Å². The highest BCUT2D eigenvalue weighted by atomic mass is 16.5. The molecule has 0 unspecified atom stereocenters. The van der Waals surface area contributed by atoms with Crippen LogP contribution >= 0.6 is 0 Å². The fourth-order valence-corrected chi connectivity index (χ4v) is 2.96. The minimum absolute atomic E-state index is 0.112. The van der Waals surface area contributed by atoms with Crippen LogP contribution in [0.4, 0.5) is 0 Å². The third-order valence-electron chi connectivity index (χ3n) is 4.42. The lowest BCUT2D eigenvalue weighted by Gasteiger charge is -2.27. The summed E-state index contributed by atoms with van der Waals surface area (Å²) in [6.07, 6.45) is 1.93. The van der Waals surface area contributed by atoms with E-state index in [9.17, 15) is 9.59 Å². The van der Waals surface area contributed by atoms with Crippen LogP contribution < -0.4 is 10.1 Å². The molecule has 7 nitrogen and oxygen atoms in total. The molecule has 1 aliphatic rings. The van der Waals surface area contributed by atoms with Crippen LogP contribution in [0.15, 0.2) is 30.3 Å². The Hall–Kier alpha value is -2.83. The Kier molecular flexibility index (Phi) is 5.55. The highest BCUT2D eigenvalue weighted by Crippen LogP contribution is 2.19. The maximum Gasteiger partial charge on any atom is 0.272 e. The van der Waals surface area contributed by atoms with E-state index in [0.29, 0.717) is 37.6 Å². The number of nitrogens with zero attached hydrogens (tertiary/aromatic N) is 3. The van der Waals surface area contributed by atoms with Crippen LogP contribution in [0.2, 0.25) is 0 Å². The molecule has 0 saturated heterocycles. The van der Waals surface area contributed by atoms with E-state index in [1.54, 1.807) is 22.8 Å². The van der Waals surface area contributed by atoms with Crippen molar-refractivity contribution in [3.8, 4) is 5.75 Å². The van der Waals surface area contributed by atoms with E-state index in [-0.39, 0.29) is 11.8 Å². The number of ether oxygens (including phenoxy) is 1. The van der Waals surface area contributed by atoms with E-state index < -0.39 is 0 Å². The van der Waals surface area contributed by atoms with Crippen molar-refractivity contribution in [1.82, 2.24) is 20.0 Å². The van der Waals surface area contributed by atoms with Crippen molar-refractivity contribution >= 4 is 11.8 Å². The van der Waals surface area contributed by atoms with Gasteiger partial charge in [-0.2, -0.15) is 5.10 Å². The van der Waals surface area contributed by atoms with Gasteiger partial charge >= 0.3 is 0 Å². The van der Waals surface area contributed by atoms with Crippen LogP contribution in [0.25, 0.3) is 0 Å². The van der Waals surface area contributed by atoms with Gasteiger partial charge in [0.05, 0.1) is 13.7 Å². The van der Waals surface area contributed by atoms with Crippen molar-refractivity contribution in [3.63, 3.8) is 0 Å². The molecule has 1 aromatic heterocycles. The minimum Gasteiger partial charge on any atom is -0.497 e. The Balaban J connectivity index is 1.70. The predicted octanol–water partition coefficient (Wildman–Crippen LogP) is 2.08. The number of fused-ring (bicyclic) bond motifs is 1. The van der Waals surface area contributed by atoms with Crippen LogP contribution in [0.3, 0.4) is 0 Å². The van der Waals surface area contributed by atoms with E-state index in [0.717, 1.165) is 24.2 Å². The topological polar surface area (TPSA) is 76.5 Å². The average Bonchev–Trinajstić information content (AvgIpc) is 3.10.